The van der Waals surface area contributed by atoms with E-state index in [0.29, 0.717) is 31.2 Å². The SMILES string of the molecule is Cc1ccccc1OC[C@@H](O)C(=O)N1CCC(CN2CCCC2=O)CC1. The Bertz CT molecular complexity index is 640. The Labute approximate surface area is 154 Å². The number of aryl methyl sites for hydroxylation is 1. The van der Waals surface area contributed by atoms with E-state index in [1.165, 1.54) is 0 Å². The van der Waals surface area contributed by atoms with Crippen molar-refractivity contribution in [1.29, 1.82) is 0 Å². The number of benzene rings is 1. The summed E-state index contributed by atoms with van der Waals surface area (Å²) in [5.41, 5.74) is 0.976. The first-order valence-corrected chi connectivity index (χ1v) is 9.47. The highest BCUT2D eigenvalue weighted by Gasteiger charge is 2.30. The lowest BCUT2D eigenvalue weighted by Crippen LogP contribution is -2.47. The van der Waals surface area contributed by atoms with Crippen molar-refractivity contribution in [2.45, 2.75) is 38.7 Å². The molecule has 0 spiro atoms. The Hall–Kier alpha value is -2.08. The molecule has 0 aliphatic carbocycles. The highest BCUT2D eigenvalue weighted by atomic mass is 16.5. The van der Waals surface area contributed by atoms with Gasteiger partial charge in [0.25, 0.3) is 5.91 Å². The molecule has 1 aromatic rings. The number of para-hydroxylation sites is 1. The van der Waals surface area contributed by atoms with E-state index in [4.69, 9.17) is 4.74 Å². The highest BCUT2D eigenvalue weighted by Crippen LogP contribution is 2.22. The van der Waals surface area contributed by atoms with Gasteiger partial charge in [-0.3, -0.25) is 9.59 Å². The predicted octanol–water partition coefficient (Wildman–Crippen LogP) is 1.60. The van der Waals surface area contributed by atoms with E-state index in [2.05, 4.69) is 0 Å². The number of ether oxygens (including phenoxy) is 1. The topological polar surface area (TPSA) is 70.1 Å². The fourth-order valence-electron chi connectivity index (χ4n) is 3.71. The maximum atomic E-state index is 12.4. The summed E-state index contributed by atoms with van der Waals surface area (Å²) in [4.78, 5) is 27.8. The molecule has 6 heteroatoms. The number of carbonyl (C=O) groups excluding carboxylic acids is 2. The van der Waals surface area contributed by atoms with Crippen molar-refractivity contribution in [2.24, 2.45) is 5.92 Å². The number of rotatable bonds is 6. The Balaban J connectivity index is 1.42. The number of hydrogen-bond donors (Lipinski definition) is 1. The lowest BCUT2D eigenvalue weighted by molar-refractivity contribution is -0.143. The third kappa shape index (κ3) is 4.55. The lowest BCUT2D eigenvalue weighted by Gasteiger charge is -2.34. The summed E-state index contributed by atoms with van der Waals surface area (Å²) in [6, 6.07) is 7.55. The molecule has 1 N–H and O–H groups in total. The van der Waals surface area contributed by atoms with Gasteiger partial charge in [0.2, 0.25) is 5.91 Å². The van der Waals surface area contributed by atoms with E-state index in [-0.39, 0.29) is 18.4 Å². The maximum Gasteiger partial charge on any atom is 0.254 e. The zero-order chi connectivity index (χ0) is 18.5. The van der Waals surface area contributed by atoms with Crippen molar-refractivity contribution in [3.63, 3.8) is 0 Å². The Morgan fingerprint density at radius 2 is 2.00 bits per heavy atom. The van der Waals surface area contributed by atoms with Gasteiger partial charge in [-0.25, -0.2) is 0 Å². The average Bonchev–Trinajstić information content (AvgIpc) is 3.05. The number of piperidine rings is 1. The van der Waals surface area contributed by atoms with E-state index in [9.17, 15) is 14.7 Å². The monoisotopic (exact) mass is 360 g/mol. The van der Waals surface area contributed by atoms with Crippen molar-refractivity contribution in [3.05, 3.63) is 29.8 Å². The van der Waals surface area contributed by atoms with Crippen LogP contribution >= 0.6 is 0 Å². The van der Waals surface area contributed by atoms with Crippen molar-refractivity contribution >= 4 is 11.8 Å². The first kappa shape index (κ1) is 18.7. The standard InChI is InChI=1S/C20H28N2O4/c1-15-5-2-3-6-18(15)26-14-17(23)20(25)21-11-8-16(9-12-21)13-22-10-4-7-19(22)24/h2-3,5-6,16-17,23H,4,7-14H2,1H3/t17-/m1/s1. The molecular weight excluding hydrogens is 332 g/mol. The van der Waals surface area contributed by atoms with Gasteiger partial charge in [0, 0.05) is 32.6 Å². The molecule has 2 fully saturated rings. The first-order valence-electron chi connectivity index (χ1n) is 9.47. The zero-order valence-corrected chi connectivity index (χ0v) is 15.4. The summed E-state index contributed by atoms with van der Waals surface area (Å²) in [5.74, 6) is 1.12. The summed E-state index contributed by atoms with van der Waals surface area (Å²) in [5, 5.41) is 10.2. The van der Waals surface area contributed by atoms with Crippen LogP contribution in [0.25, 0.3) is 0 Å². The van der Waals surface area contributed by atoms with Gasteiger partial charge < -0.3 is 19.6 Å². The summed E-state index contributed by atoms with van der Waals surface area (Å²) in [7, 11) is 0. The van der Waals surface area contributed by atoms with Gasteiger partial charge in [-0.1, -0.05) is 18.2 Å². The second kappa shape index (κ2) is 8.54. The van der Waals surface area contributed by atoms with Crippen molar-refractivity contribution in [3.8, 4) is 5.75 Å². The van der Waals surface area contributed by atoms with Crippen LogP contribution in [0.1, 0.15) is 31.2 Å². The molecular formula is C20H28N2O4. The van der Waals surface area contributed by atoms with Gasteiger partial charge in [-0.15, -0.1) is 0 Å². The number of hydrogen-bond acceptors (Lipinski definition) is 4. The van der Waals surface area contributed by atoms with Crippen LogP contribution in [0.5, 0.6) is 5.75 Å². The molecule has 1 atom stereocenters. The van der Waals surface area contributed by atoms with Crippen LogP contribution < -0.4 is 4.74 Å². The molecule has 2 aliphatic heterocycles. The van der Waals surface area contributed by atoms with E-state index >= 15 is 0 Å². The molecule has 3 rings (SSSR count). The van der Waals surface area contributed by atoms with Crippen LogP contribution in [0.15, 0.2) is 24.3 Å². The molecule has 1 aromatic carbocycles. The molecule has 2 amide bonds. The van der Waals surface area contributed by atoms with E-state index in [1.807, 2.05) is 36.1 Å². The molecule has 26 heavy (non-hydrogen) atoms. The van der Waals surface area contributed by atoms with Crippen molar-refractivity contribution < 1.29 is 19.4 Å². The minimum absolute atomic E-state index is 0.0358. The van der Waals surface area contributed by atoms with Gasteiger partial charge in [0.15, 0.2) is 6.10 Å². The smallest absolute Gasteiger partial charge is 0.254 e. The molecule has 2 aliphatic rings. The number of nitrogens with zero attached hydrogens (tertiary/aromatic N) is 2. The quantitative estimate of drug-likeness (QED) is 0.836. The second-order valence-electron chi connectivity index (χ2n) is 7.30. The fraction of sp³-hybridized carbons (Fsp3) is 0.600. The van der Waals surface area contributed by atoms with Crippen LogP contribution in [0, 0.1) is 12.8 Å². The van der Waals surface area contributed by atoms with Crippen LogP contribution in [0.3, 0.4) is 0 Å². The Morgan fingerprint density at radius 1 is 1.27 bits per heavy atom. The van der Waals surface area contributed by atoms with Crippen molar-refractivity contribution in [1.82, 2.24) is 9.80 Å². The Kier molecular flexibility index (Phi) is 6.14. The van der Waals surface area contributed by atoms with Crippen LogP contribution in [0.2, 0.25) is 0 Å². The molecule has 0 unspecified atom stereocenters. The van der Waals surface area contributed by atoms with Gasteiger partial charge >= 0.3 is 0 Å². The number of carbonyl (C=O) groups is 2. The molecule has 0 bridgehead atoms. The number of aliphatic hydroxyl groups is 1. The van der Waals surface area contributed by atoms with Crippen LogP contribution in [0.4, 0.5) is 0 Å². The first-order chi connectivity index (χ1) is 12.5. The van der Waals surface area contributed by atoms with E-state index in [0.717, 1.165) is 37.9 Å². The minimum Gasteiger partial charge on any atom is -0.490 e. The number of aliphatic hydroxyl groups excluding tert-OH is 1. The molecule has 142 valence electrons. The summed E-state index contributed by atoms with van der Waals surface area (Å²) in [6.07, 6.45) is 2.24. The van der Waals surface area contributed by atoms with E-state index in [1.54, 1.807) is 4.90 Å². The van der Waals surface area contributed by atoms with Gasteiger partial charge in [-0.2, -0.15) is 0 Å². The van der Waals surface area contributed by atoms with Gasteiger partial charge in [0.1, 0.15) is 12.4 Å². The molecule has 2 saturated heterocycles. The largest absolute Gasteiger partial charge is 0.490 e. The zero-order valence-electron chi connectivity index (χ0n) is 15.4. The average molecular weight is 360 g/mol. The molecule has 0 aromatic heterocycles. The van der Waals surface area contributed by atoms with E-state index < -0.39 is 6.10 Å². The second-order valence-corrected chi connectivity index (χ2v) is 7.30. The highest BCUT2D eigenvalue weighted by molar-refractivity contribution is 5.81. The third-order valence-corrected chi connectivity index (χ3v) is 5.35. The molecule has 2 heterocycles. The summed E-state index contributed by atoms with van der Waals surface area (Å²) < 4.78 is 5.59. The summed E-state index contributed by atoms with van der Waals surface area (Å²) in [6.45, 7) is 4.83. The maximum absolute atomic E-state index is 12.4. The molecule has 0 radical (unpaired) electrons. The lowest BCUT2D eigenvalue weighted by atomic mass is 9.96. The third-order valence-electron chi connectivity index (χ3n) is 5.35. The van der Waals surface area contributed by atoms with Crippen molar-refractivity contribution in [2.75, 3.05) is 32.8 Å². The van der Waals surface area contributed by atoms with Gasteiger partial charge in [-0.05, 0) is 43.7 Å². The Morgan fingerprint density at radius 3 is 2.65 bits per heavy atom. The molecule has 0 saturated carbocycles. The fourth-order valence-corrected chi connectivity index (χ4v) is 3.71. The normalized spacial score (nSPS) is 19.7. The molecule has 6 nitrogen and oxygen atoms in total. The van der Waals surface area contributed by atoms with Crippen LogP contribution in [-0.2, 0) is 9.59 Å². The number of likely N-dealkylation sites (tertiary alicyclic amines) is 2. The minimum atomic E-state index is -1.15. The number of amides is 2. The predicted molar refractivity (Wildman–Crippen MR) is 97.8 cm³/mol. The summed E-state index contributed by atoms with van der Waals surface area (Å²) >= 11 is 0. The van der Waals surface area contributed by atoms with Gasteiger partial charge in [0.05, 0.1) is 0 Å². The van der Waals surface area contributed by atoms with Crippen LogP contribution in [-0.4, -0.2) is 65.6 Å².